The quantitative estimate of drug-likeness (QED) is 0.122. The van der Waals surface area contributed by atoms with E-state index >= 15 is 0 Å². The third kappa shape index (κ3) is 8.99. The molecule has 0 N–H and O–H groups in total. The molecule has 0 unspecified atom stereocenters. The molecule has 71 heavy (non-hydrogen) atoms. The third-order valence-electron chi connectivity index (χ3n) is 14.3. The molecule has 2 aliphatic carbocycles. The highest BCUT2D eigenvalue weighted by Crippen LogP contribution is 2.51. The van der Waals surface area contributed by atoms with Crippen molar-refractivity contribution in [3.8, 4) is 39.8 Å². The van der Waals surface area contributed by atoms with Crippen molar-refractivity contribution in [2.45, 2.75) is 128 Å². The molecule has 0 saturated heterocycles. The summed E-state index contributed by atoms with van der Waals surface area (Å²) in [6.45, 7) is 17.7. The minimum absolute atomic E-state index is 0.0348. The molecule has 5 aromatic carbocycles. The normalized spacial score (nSPS) is 20.1. The second-order valence-electron chi connectivity index (χ2n) is 21.7. The number of nitrogens with zero attached hydrogens (tertiary/aromatic N) is 4. The smallest absolute Gasteiger partial charge is 0.144 e. The first-order valence-corrected chi connectivity index (χ1v) is 24.1. The van der Waals surface area contributed by atoms with Crippen LogP contribution in [0.3, 0.4) is 0 Å². The van der Waals surface area contributed by atoms with Crippen LogP contribution in [-0.2, 0) is 59.9 Å². The van der Waals surface area contributed by atoms with Crippen LogP contribution >= 0.6 is 0 Å². The van der Waals surface area contributed by atoms with E-state index in [0.717, 1.165) is 48.4 Å². The SMILES string of the molecule is [2H]c1cc2c(oc3c(-c4ccc(C([2H])([2H])C([2H])([2H])c5cc(C([2H])([2H])C([2H])([2H])c6ccc(-c7ccc8c(c7)C(C)(C)CC8(C)C)nc6)cc(C([2H])([2H])C([2H])([2H])c6ccc(-c7ccc8c(c7)C(C)(C)CC8(C)C)nc6)c5)cn4)cccc32)c([2H])c1C#N. The molecule has 0 atom stereocenters. The van der Waals surface area contributed by atoms with Crippen LogP contribution in [0, 0.1) is 11.3 Å². The molecular formula is C66H64N4O. The van der Waals surface area contributed by atoms with Crippen LogP contribution in [-0.4, -0.2) is 15.0 Å². The van der Waals surface area contributed by atoms with Gasteiger partial charge in [0, 0.05) is 62.5 Å². The molecule has 5 nitrogen and oxygen atoms in total. The monoisotopic (exact) mass is 943 g/mol. The predicted molar refractivity (Wildman–Crippen MR) is 291 cm³/mol. The zero-order valence-corrected chi connectivity index (χ0v) is 41.3. The van der Waals surface area contributed by atoms with E-state index in [9.17, 15) is 21.7 Å². The van der Waals surface area contributed by atoms with Crippen LogP contribution in [0.15, 0.2) is 150 Å². The highest BCUT2D eigenvalue weighted by molar-refractivity contribution is 6.09. The van der Waals surface area contributed by atoms with Gasteiger partial charge in [-0.15, -0.1) is 0 Å². The van der Waals surface area contributed by atoms with Crippen LogP contribution in [0.4, 0.5) is 0 Å². The van der Waals surface area contributed by atoms with Crippen LogP contribution in [0.25, 0.3) is 55.7 Å². The lowest BCUT2D eigenvalue weighted by atomic mass is 9.82. The summed E-state index contributed by atoms with van der Waals surface area (Å²) in [4.78, 5) is 13.8. The van der Waals surface area contributed by atoms with Gasteiger partial charge in [-0.05, 0) is 183 Å². The van der Waals surface area contributed by atoms with Gasteiger partial charge in [0.25, 0.3) is 0 Å². The van der Waals surface area contributed by atoms with Gasteiger partial charge in [-0.25, -0.2) is 0 Å². The first-order valence-electron chi connectivity index (χ1n) is 31.1. The van der Waals surface area contributed by atoms with Crippen LogP contribution < -0.4 is 0 Å². The fourth-order valence-electron chi connectivity index (χ4n) is 11.4. The lowest BCUT2D eigenvalue weighted by molar-refractivity contribution is 0.402. The molecule has 0 amide bonds. The van der Waals surface area contributed by atoms with Crippen LogP contribution in [0.1, 0.15) is 149 Å². The zero-order valence-electron chi connectivity index (χ0n) is 55.3. The Kier molecular flexibility index (Phi) is 8.10. The molecule has 9 aromatic rings. The predicted octanol–water partition coefficient (Wildman–Crippen LogP) is 15.9. The van der Waals surface area contributed by atoms with Gasteiger partial charge in [0.15, 0.2) is 0 Å². The average Bonchev–Trinajstić information content (AvgIpc) is 1.95. The highest BCUT2D eigenvalue weighted by atomic mass is 16.3. The van der Waals surface area contributed by atoms with Crippen molar-refractivity contribution in [2.24, 2.45) is 0 Å². The van der Waals surface area contributed by atoms with Crippen LogP contribution in [0.5, 0.6) is 0 Å². The van der Waals surface area contributed by atoms with Crippen LogP contribution in [0.2, 0.25) is 0 Å². The Morgan fingerprint density at radius 3 is 1.41 bits per heavy atom. The summed E-state index contributed by atoms with van der Waals surface area (Å²) in [7, 11) is 0. The fourth-order valence-corrected chi connectivity index (χ4v) is 11.4. The highest BCUT2D eigenvalue weighted by Gasteiger charge is 2.43. The Labute approximate surface area is 439 Å². The summed E-state index contributed by atoms with van der Waals surface area (Å²) < 4.78 is 138. The number of aryl methyl sites for hydroxylation is 6. The number of rotatable bonds is 12. The Morgan fingerprint density at radius 1 is 0.507 bits per heavy atom. The maximum absolute atomic E-state index is 9.64. The van der Waals surface area contributed by atoms with E-state index in [0.29, 0.717) is 27.7 Å². The molecule has 0 aliphatic heterocycles. The number of pyridine rings is 3. The molecule has 0 radical (unpaired) electrons. The molecule has 0 fully saturated rings. The number of furan rings is 1. The van der Waals surface area contributed by atoms with Crippen molar-refractivity contribution < 1.29 is 23.6 Å². The number of benzene rings is 5. The summed E-state index contributed by atoms with van der Waals surface area (Å²) >= 11 is 0. The Bertz CT molecular complexity index is 4070. The number of para-hydroxylation sites is 1. The maximum atomic E-state index is 9.64. The standard InChI is InChI=1S/C66H64N4O/c1-63(2)40-65(5,6)56-34-49(22-25-54(56)63)58-27-19-42(37-68-58)12-15-45-30-46(16-13-43-20-28-59(69-38-43)50-23-26-55-57(35-50)66(7,8)41-64(55,3)4)32-47(31-45)17-14-44-21-29-60(70-39-44)53-11-9-10-52-51-24-18-48(36-67)33-61(51)71-62(52)53/h9-11,18-35,37-39H,12-17,40-41H2,1-8H3/i12D2,13D2,14D2,15D2,16D2,17D2,18D,33D. The minimum atomic E-state index is -3.17. The molecule has 4 aromatic heterocycles. The topological polar surface area (TPSA) is 75.6 Å². The van der Waals surface area contributed by atoms with Gasteiger partial charge in [0.2, 0.25) is 0 Å². The first-order chi connectivity index (χ1) is 39.4. The van der Waals surface area contributed by atoms with Crippen molar-refractivity contribution in [2.75, 3.05) is 0 Å². The molecule has 2 aliphatic rings. The Balaban J connectivity index is 0.978. The summed E-state index contributed by atoms with van der Waals surface area (Å²) in [6, 6.07) is 32.1. The number of hydrogen-bond donors (Lipinski definition) is 0. The van der Waals surface area contributed by atoms with Gasteiger partial charge in [-0.3, -0.25) is 15.0 Å². The van der Waals surface area contributed by atoms with Gasteiger partial charge >= 0.3 is 0 Å². The number of nitriles is 1. The van der Waals surface area contributed by atoms with E-state index < -0.39 is 54.9 Å². The van der Waals surface area contributed by atoms with Gasteiger partial charge in [-0.2, -0.15) is 5.26 Å². The van der Waals surface area contributed by atoms with Crippen molar-refractivity contribution >= 4 is 21.9 Å². The number of aromatic nitrogens is 3. The van der Waals surface area contributed by atoms with Gasteiger partial charge in [-0.1, -0.05) is 128 Å². The van der Waals surface area contributed by atoms with Gasteiger partial charge in [0.1, 0.15) is 11.2 Å². The molecular weight excluding hydrogens is 865 g/mol. The van der Waals surface area contributed by atoms with E-state index in [1.807, 2.05) is 18.2 Å². The minimum Gasteiger partial charge on any atom is -0.455 e. The van der Waals surface area contributed by atoms with E-state index in [-0.39, 0.29) is 72.9 Å². The van der Waals surface area contributed by atoms with E-state index in [1.165, 1.54) is 65.0 Å². The summed E-state index contributed by atoms with van der Waals surface area (Å²) in [6.07, 6.45) is -12.8. The second kappa shape index (κ2) is 17.6. The molecule has 0 bridgehead atoms. The third-order valence-corrected chi connectivity index (χ3v) is 14.3. The summed E-state index contributed by atoms with van der Waals surface area (Å²) in [5.74, 6) is 0. The first kappa shape index (κ1) is 32.7. The number of fused-ring (bicyclic) bond motifs is 5. The largest absolute Gasteiger partial charge is 0.455 e. The molecule has 0 spiro atoms. The molecule has 5 heteroatoms. The summed E-state index contributed by atoms with van der Waals surface area (Å²) in [5, 5.41) is 10.6. The fraction of sp³-hybridized carbons (Fsp3) is 0.303. The maximum Gasteiger partial charge on any atom is 0.144 e. The Hall–Kier alpha value is -7.16. The van der Waals surface area contributed by atoms with Crippen molar-refractivity contribution in [1.29, 1.82) is 5.26 Å². The van der Waals surface area contributed by atoms with Gasteiger partial charge in [0.05, 0.1) is 31.5 Å². The molecule has 11 rings (SSSR count). The molecule has 4 heterocycles. The number of hydrogen-bond acceptors (Lipinski definition) is 5. The molecule has 0 saturated carbocycles. The van der Waals surface area contributed by atoms with Crippen molar-refractivity contribution in [3.63, 3.8) is 0 Å². The van der Waals surface area contributed by atoms with E-state index in [2.05, 4.69) is 94.6 Å². The molecule has 354 valence electrons. The zero-order chi connectivity index (χ0) is 61.8. The lowest BCUT2D eigenvalue weighted by Gasteiger charge is -2.22. The van der Waals surface area contributed by atoms with E-state index in [4.69, 9.17) is 7.16 Å². The summed E-state index contributed by atoms with van der Waals surface area (Å²) in [5.41, 5.74) is 5.67. The average molecular weight is 943 g/mol. The van der Waals surface area contributed by atoms with Gasteiger partial charge < -0.3 is 4.42 Å². The van der Waals surface area contributed by atoms with Crippen molar-refractivity contribution in [1.82, 2.24) is 15.0 Å². The Morgan fingerprint density at radius 2 is 0.958 bits per heavy atom. The lowest BCUT2D eigenvalue weighted by Crippen LogP contribution is -2.18. The second-order valence-corrected chi connectivity index (χ2v) is 21.7. The van der Waals surface area contributed by atoms with E-state index in [1.54, 1.807) is 30.3 Å². The van der Waals surface area contributed by atoms with Crippen molar-refractivity contribution in [3.05, 3.63) is 207 Å².